The Balaban J connectivity index is 2.18. The van der Waals surface area contributed by atoms with Crippen LogP contribution in [-0.4, -0.2) is 16.1 Å². The van der Waals surface area contributed by atoms with Crippen LogP contribution >= 0.6 is 11.3 Å². The van der Waals surface area contributed by atoms with Crippen LogP contribution in [-0.2, 0) is 11.2 Å². The minimum atomic E-state index is -0.709. The molecule has 0 radical (unpaired) electrons. The lowest BCUT2D eigenvalue weighted by Gasteiger charge is -2.03. The second-order valence-electron chi connectivity index (χ2n) is 3.06. The third-order valence-corrected chi connectivity index (χ3v) is 2.77. The van der Waals surface area contributed by atoms with Crippen molar-refractivity contribution in [3.63, 3.8) is 0 Å². The first-order chi connectivity index (χ1) is 6.20. The van der Waals surface area contributed by atoms with Crippen molar-refractivity contribution in [2.45, 2.75) is 26.2 Å². The van der Waals surface area contributed by atoms with E-state index in [1.54, 1.807) is 24.5 Å². The molecule has 72 valence electrons. The summed E-state index contributed by atoms with van der Waals surface area (Å²) in [6, 6.07) is 0. The average molecular weight is 199 g/mol. The Bertz CT molecular complexity index is 259. The van der Waals surface area contributed by atoms with E-state index >= 15 is 0 Å². The Hall–Kier alpha value is -0.900. The largest absolute Gasteiger partial charge is 0.481 e. The highest BCUT2D eigenvalue weighted by molar-refractivity contribution is 7.09. The van der Waals surface area contributed by atoms with Crippen LogP contribution in [0.2, 0.25) is 0 Å². The van der Waals surface area contributed by atoms with E-state index < -0.39 is 5.97 Å². The number of carboxylic acids is 1. The molecule has 4 heteroatoms. The number of aliphatic carboxylic acids is 1. The molecule has 0 saturated carbocycles. The summed E-state index contributed by atoms with van der Waals surface area (Å²) >= 11 is 1.62. The molecular weight excluding hydrogens is 186 g/mol. The molecular formula is C9H13NO2S. The van der Waals surface area contributed by atoms with E-state index in [0.717, 1.165) is 24.3 Å². The molecule has 0 amide bonds. The molecule has 0 bridgehead atoms. The summed E-state index contributed by atoms with van der Waals surface area (Å²) in [6.07, 6.45) is 4.31. The third kappa shape index (κ3) is 3.55. The van der Waals surface area contributed by atoms with Gasteiger partial charge in [0.1, 0.15) is 0 Å². The van der Waals surface area contributed by atoms with E-state index in [0.29, 0.717) is 0 Å². The fourth-order valence-corrected chi connectivity index (χ4v) is 1.72. The lowest BCUT2D eigenvalue weighted by molar-refractivity contribution is -0.141. The molecule has 0 saturated heterocycles. The lowest BCUT2D eigenvalue weighted by atomic mass is 10.1. The van der Waals surface area contributed by atoms with Gasteiger partial charge in [-0.25, -0.2) is 4.98 Å². The summed E-state index contributed by atoms with van der Waals surface area (Å²) in [4.78, 5) is 14.6. The number of aromatic nitrogens is 1. The van der Waals surface area contributed by atoms with Gasteiger partial charge in [-0.05, 0) is 19.3 Å². The standard InChI is InChI=1S/C9H13NO2S/c1-7(9(11)12)3-2-4-8-10-5-6-13-8/h5-7H,2-4H2,1H3,(H,11,12). The predicted octanol–water partition coefficient (Wildman–Crippen LogP) is 2.19. The Labute approximate surface area is 81.4 Å². The van der Waals surface area contributed by atoms with Crippen molar-refractivity contribution in [2.24, 2.45) is 5.92 Å². The smallest absolute Gasteiger partial charge is 0.306 e. The zero-order chi connectivity index (χ0) is 9.68. The molecule has 0 fully saturated rings. The topological polar surface area (TPSA) is 50.2 Å². The number of thiazole rings is 1. The molecule has 0 aliphatic carbocycles. The maximum Gasteiger partial charge on any atom is 0.306 e. The molecule has 0 aliphatic rings. The minimum Gasteiger partial charge on any atom is -0.481 e. The summed E-state index contributed by atoms with van der Waals surface area (Å²) in [5, 5.41) is 11.7. The summed E-state index contributed by atoms with van der Waals surface area (Å²) < 4.78 is 0. The zero-order valence-corrected chi connectivity index (χ0v) is 8.38. The molecule has 1 aromatic rings. The van der Waals surface area contributed by atoms with Crippen molar-refractivity contribution in [1.29, 1.82) is 0 Å². The maximum atomic E-state index is 10.5. The van der Waals surface area contributed by atoms with E-state index in [9.17, 15) is 4.79 Å². The second-order valence-corrected chi connectivity index (χ2v) is 4.04. The number of carbonyl (C=O) groups is 1. The highest BCUT2D eigenvalue weighted by Crippen LogP contribution is 2.12. The van der Waals surface area contributed by atoms with E-state index in [4.69, 9.17) is 5.11 Å². The van der Waals surface area contributed by atoms with Crippen molar-refractivity contribution in [3.05, 3.63) is 16.6 Å². The van der Waals surface area contributed by atoms with Crippen molar-refractivity contribution in [3.8, 4) is 0 Å². The Morgan fingerprint density at radius 2 is 2.54 bits per heavy atom. The molecule has 1 rings (SSSR count). The number of rotatable bonds is 5. The quantitative estimate of drug-likeness (QED) is 0.790. The number of hydrogen-bond acceptors (Lipinski definition) is 3. The van der Waals surface area contributed by atoms with Gasteiger partial charge in [-0.1, -0.05) is 6.92 Å². The highest BCUT2D eigenvalue weighted by atomic mass is 32.1. The molecule has 1 atom stereocenters. The SMILES string of the molecule is CC(CCCc1nccs1)C(=O)O. The number of hydrogen-bond donors (Lipinski definition) is 1. The van der Waals surface area contributed by atoms with Crippen molar-refractivity contribution in [2.75, 3.05) is 0 Å². The molecule has 13 heavy (non-hydrogen) atoms. The molecule has 3 nitrogen and oxygen atoms in total. The van der Waals surface area contributed by atoms with Crippen LogP contribution in [0.1, 0.15) is 24.8 Å². The number of aryl methyl sites for hydroxylation is 1. The van der Waals surface area contributed by atoms with Gasteiger partial charge in [0.05, 0.1) is 10.9 Å². The minimum absolute atomic E-state index is 0.236. The van der Waals surface area contributed by atoms with Crippen molar-refractivity contribution >= 4 is 17.3 Å². The van der Waals surface area contributed by atoms with Gasteiger partial charge < -0.3 is 5.11 Å². The van der Waals surface area contributed by atoms with Crippen molar-refractivity contribution < 1.29 is 9.90 Å². The fourth-order valence-electron chi connectivity index (χ4n) is 1.06. The lowest BCUT2D eigenvalue weighted by Crippen LogP contribution is -2.09. The van der Waals surface area contributed by atoms with E-state index in [1.165, 1.54) is 0 Å². The summed E-state index contributed by atoms with van der Waals surface area (Å²) in [7, 11) is 0. The van der Waals surface area contributed by atoms with Crippen LogP contribution < -0.4 is 0 Å². The van der Waals surface area contributed by atoms with Crippen molar-refractivity contribution in [1.82, 2.24) is 4.98 Å². The Morgan fingerprint density at radius 3 is 3.08 bits per heavy atom. The van der Waals surface area contributed by atoms with Crippen LogP contribution in [0, 0.1) is 5.92 Å². The van der Waals surface area contributed by atoms with Gasteiger partial charge in [0, 0.05) is 11.6 Å². The zero-order valence-electron chi connectivity index (χ0n) is 7.56. The fraction of sp³-hybridized carbons (Fsp3) is 0.556. The first kappa shape index (κ1) is 10.2. The van der Waals surface area contributed by atoms with Gasteiger partial charge in [-0.3, -0.25) is 4.79 Å². The molecule has 0 spiro atoms. The van der Waals surface area contributed by atoms with Gasteiger partial charge in [-0.2, -0.15) is 0 Å². The van der Waals surface area contributed by atoms with Crippen LogP contribution in [0.4, 0.5) is 0 Å². The van der Waals surface area contributed by atoms with Gasteiger partial charge in [0.25, 0.3) is 0 Å². The van der Waals surface area contributed by atoms with E-state index in [2.05, 4.69) is 4.98 Å². The second kappa shape index (κ2) is 4.97. The predicted molar refractivity (Wildman–Crippen MR) is 51.9 cm³/mol. The highest BCUT2D eigenvalue weighted by Gasteiger charge is 2.09. The van der Waals surface area contributed by atoms with Gasteiger partial charge in [0.2, 0.25) is 0 Å². The molecule has 0 aromatic carbocycles. The molecule has 0 aliphatic heterocycles. The Morgan fingerprint density at radius 1 is 1.77 bits per heavy atom. The summed E-state index contributed by atoms with van der Waals surface area (Å²) in [6.45, 7) is 1.74. The number of carboxylic acid groups (broad SMARTS) is 1. The van der Waals surface area contributed by atoms with Gasteiger partial charge >= 0.3 is 5.97 Å². The van der Waals surface area contributed by atoms with E-state index in [-0.39, 0.29) is 5.92 Å². The normalized spacial score (nSPS) is 12.7. The van der Waals surface area contributed by atoms with Crippen LogP contribution in [0.25, 0.3) is 0 Å². The first-order valence-electron chi connectivity index (χ1n) is 4.31. The first-order valence-corrected chi connectivity index (χ1v) is 5.19. The molecule has 1 N–H and O–H groups in total. The van der Waals surface area contributed by atoms with Gasteiger partial charge in [-0.15, -0.1) is 11.3 Å². The van der Waals surface area contributed by atoms with E-state index in [1.807, 2.05) is 5.38 Å². The van der Waals surface area contributed by atoms with Crippen LogP contribution in [0.15, 0.2) is 11.6 Å². The molecule has 1 aromatic heterocycles. The maximum absolute atomic E-state index is 10.5. The third-order valence-electron chi connectivity index (χ3n) is 1.93. The monoisotopic (exact) mass is 199 g/mol. The molecule has 1 heterocycles. The average Bonchev–Trinajstić information content (AvgIpc) is 2.56. The van der Waals surface area contributed by atoms with Crippen LogP contribution in [0.5, 0.6) is 0 Å². The van der Waals surface area contributed by atoms with Crippen LogP contribution in [0.3, 0.4) is 0 Å². The molecule has 1 unspecified atom stereocenters. The Kier molecular flexibility index (Phi) is 3.89. The van der Waals surface area contributed by atoms with Gasteiger partial charge in [0.15, 0.2) is 0 Å². The number of nitrogens with zero attached hydrogens (tertiary/aromatic N) is 1. The summed E-state index contributed by atoms with van der Waals surface area (Å²) in [5.74, 6) is -0.945. The summed E-state index contributed by atoms with van der Waals surface area (Å²) in [5.41, 5.74) is 0.